The van der Waals surface area contributed by atoms with Gasteiger partial charge < -0.3 is 0 Å². The van der Waals surface area contributed by atoms with Crippen molar-refractivity contribution in [2.24, 2.45) is 0 Å². The molecule has 19 heavy (non-hydrogen) atoms. The van der Waals surface area contributed by atoms with Crippen molar-refractivity contribution >= 4 is 28.7 Å². The summed E-state index contributed by atoms with van der Waals surface area (Å²) in [5, 5.41) is 0.456. The van der Waals surface area contributed by atoms with E-state index in [-0.39, 0.29) is 18.0 Å². The molecule has 0 unspecified atom stereocenters. The lowest BCUT2D eigenvalue weighted by molar-refractivity contribution is 0.0995. The summed E-state index contributed by atoms with van der Waals surface area (Å²) in [6.07, 6.45) is 3.38. The maximum Gasteiger partial charge on any atom is 0.177 e. The number of thiophene rings is 1. The van der Waals surface area contributed by atoms with Gasteiger partial charge in [-0.1, -0.05) is 11.6 Å². The Morgan fingerprint density at radius 3 is 2.95 bits per heavy atom. The molecule has 0 radical (unpaired) electrons. The number of hydrogen-bond donors (Lipinski definition) is 0. The Bertz CT molecular complexity index is 626. The van der Waals surface area contributed by atoms with E-state index in [0.29, 0.717) is 10.6 Å². The van der Waals surface area contributed by atoms with Crippen LogP contribution in [0.3, 0.4) is 0 Å². The summed E-state index contributed by atoms with van der Waals surface area (Å²) in [6.45, 7) is 0. The molecule has 1 nitrogen and oxygen atoms in total. The zero-order valence-corrected chi connectivity index (χ0v) is 11.8. The molecule has 2 aromatic rings. The fourth-order valence-electron chi connectivity index (χ4n) is 2.41. The zero-order chi connectivity index (χ0) is 13.4. The second kappa shape index (κ2) is 5.06. The van der Waals surface area contributed by atoms with Crippen LogP contribution >= 0.6 is 22.9 Å². The van der Waals surface area contributed by atoms with Gasteiger partial charge >= 0.3 is 0 Å². The van der Waals surface area contributed by atoms with Crippen molar-refractivity contribution in [1.29, 1.82) is 0 Å². The molecule has 1 aliphatic carbocycles. The SMILES string of the molecule is O=C(Cc1cc(Cl)ccc1F)c1cc2c(s1)CCC2. The summed E-state index contributed by atoms with van der Waals surface area (Å²) < 4.78 is 13.6. The number of halogens is 2. The van der Waals surface area contributed by atoms with Crippen molar-refractivity contribution < 1.29 is 9.18 Å². The normalized spacial score (nSPS) is 13.6. The molecule has 1 heterocycles. The van der Waals surface area contributed by atoms with E-state index >= 15 is 0 Å². The van der Waals surface area contributed by atoms with Gasteiger partial charge in [0.05, 0.1) is 4.88 Å². The van der Waals surface area contributed by atoms with Crippen molar-refractivity contribution in [3.8, 4) is 0 Å². The molecule has 0 fully saturated rings. The minimum absolute atomic E-state index is 0.0273. The van der Waals surface area contributed by atoms with Crippen LogP contribution in [-0.4, -0.2) is 5.78 Å². The summed E-state index contributed by atoms with van der Waals surface area (Å²) >= 11 is 7.39. The molecule has 98 valence electrons. The Balaban J connectivity index is 1.82. The van der Waals surface area contributed by atoms with Gasteiger partial charge in [0.2, 0.25) is 0 Å². The van der Waals surface area contributed by atoms with Gasteiger partial charge in [0.15, 0.2) is 5.78 Å². The number of rotatable bonds is 3. The van der Waals surface area contributed by atoms with E-state index in [1.54, 1.807) is 11.3 Å². The van der Waals surface area contributed by atoms with E-state index in [9.17, 15) is 9.18 Å². The molecule has 1 aromatic heterocycles. The van der Waals surface area contributed by atoms with E-state index in [0.717, 1.165) is 17.7 Å². The molecule has 4 heteroatoms. The number of ketones is 1. The van der Waals surface area contributed by atoms with E-state index in [4.69, 9.17) is 11.6 Å². The van der Waals surface area contributed by atoms with Crippen LogP contribution in [0.4, 0.5) is 4.39 Å². The van der Waals surface area contributed by atoms with Crippen LogP contribution in [0, 0.1) is 5.82 Å². The summed E-state index contributed by atoms with van der Waals surface area (Å²) in [4.78, 5) is 14.2. The van der Waals surface area contributed by atoms with Gasteiger partial charge in [-0.15, -0.1) is 11.3 Å². The molecule has 0 saturated carbocycles. The Kier molecular flexibility index (Phi) is 3.42. The number of aryl methyl sites for hydroxylation is 2. The topological polar surface area (TPSA) is 17.1 Å². The van der Waals surface area contributed by atoms with Crippen LogP contribution in [0.25, 0.3) is 0 Å². The quantitative estimate of drug-likeness (QED) is 0.764. The highest BCUT2D eigenvalue weighted by molar-refractivity contribution is 7.14. The lowest BCUT2D eigenvalue weighted by Crippen LogP contribution is -2.03. The lowest BCUT2D eigenvalue weighted by Gasteiger charge is -2.02. The van der Waals surface area contributed by atoms with Gasteiger partial charge in [-0.2, -0.15) is 0 Å². The number of carbonyl (C=O) groups excluding carboxylic acids is 1. The van der Waals surface area contributed by atoms with Crippen LogP contribution in [0.1, 0.15) is 32.1 Å². The molecule has 0 bridgehead atoms. The summed E-state index contributed by atoms with van der Waals surface area (Å²) in [5.74, 6) is -0.401. The third-order valence-corrected chi connectivity index (χ3v) is 4.89. The molecule has 1 aromatic carbocycles. The number of carbonyl (C=O) groups is 1. The van der Waals surface area contributed by atoms with Gasteiger partial charge in [-0.05, 0) is 54.7 Å². The standard InChI is InChI=1S/C15H12ClFOS/c16-11-4-5-12(17)10(6-11)7-13(18)15-8-9-2-1-3-14(9)19-15/h4-6,8H,1-3,7H2. The highest BCUT2D eigenvalue weighted by Crippen LogP contribution is 2.31. The van der Waals surface area contributed by atoms with E-state index in [1.165, 1.54) is 35.1 Å². The third kappa shape index (κ3) is 2.58. The Morgan fingerprint density at radius 2 is 2.16 bits per heavy atom. The fourth-order valence-corrected chi connectivity index (χ4v) is 3.79. The predicted octanol–water partition coefficient (Wildman–Crippen LogP) is 4.45. The van der Waals surface area contributed by atoms with Crippen molar-refractivity contribution in [2.45, 2.75) is 25.7 Å². The molecule has 3 rings (SSSR count). The average Bonchev–Trinajstić information content (AvgIpc) is 2.94. The number of Topliss-reactive ketones (excluding diaryl/α,β-unsaturated/α-hetero) is 1. The maximum atomic E-state index is 13.6. The number of hydrogen-bond acceptors (Lipinski definition) is 2. The van der Waals surface area contributed by atoms with Gasteiger partial charge in [-0.3, -0.25) is 4.79 Å². The molecule has 0 spiro atoms. The molecular formula is C15H12ClFOS. The maximum absolute atomic E-state index is 13.6. The van der Waals surface area contributed by atoms with Crippen LogP contribution in [0.5, 0.6) is 0 Å². The van der Waals surface area contributed by atoms with Crippen LogP contribution < -0.4 is 0 Å². The van der Waals surface area contributed by atoms with E-state index in [2.05, 4.69) is 0 Å². The first-order valence-corrected chi connectivity index (χ1v) is 7.41. The van der Waals surface area contributed by atoms with Crippen molar-refractivity contribution in [2.75, 3.05) is 0 Å². The molecular weight excluding hydrogens is 283 g/mol. The first-order valence-electron chi connectivity index (χ1n) is 6.22. The second-order valence-corrected chi connectivity index (χ2v) is 6.32. The van der Waals surface area contributed by atoms with Gasteiger partial charge in [-0.25, -0.2) is 4.39 Å². The third-order valence-electron chi connectivity index (χ3n) is 3.38. The van der Waals surface area contributed by atoms with E-state index < -0.39 is 0 Å². The first kappa shape index (κ1) is 12.8. The smallest absolute Gasteiger partial charge is 0.177 e. The van der Waals surface area contributed by atoms with E-state index in [1.807, 2.05) is 6.07 Å². The van der Waals surface area contributed by atoms with Crippen LogP contribution in [0.2, 0.25) is 5.02 Å². The molecule has 0 saturated heterocycles. The monoisotopic (exact) mass is 294 g/mol. The summed E-state index contributed by atoms with van der Waals surface area (Å²) in [6, 6.07) is 6.29. The lowest BCUT2D eigenvalue weighted by atomic mass is 10.1. The predicted molar refractivity (Wildman–Crippen MR) is 75.8 cm³/mol. The van der Waals surface area contributed by atoms with Gasteiger partial charge in [0.1, 0.15) is 5.82 Å². The molecule has 0 N–H and O–H groups in total. The fraction of sp³-hybridized carbons (Fsp3) is 0.267. The van der Waals surface area contributed by atoms with Crippen molar-refractivity contribution in [1.82, 2.24) is 0 Å². The van der Waals surface area contributed by atoms with Crippen molar-refractivity contribution in [3.05, 3.63) is 56.0 Å². The Morgan fingerprint density at radius 1 is 1.32 bits per heavy atom. The second-order valence-electron chi connectivity index (χ2n) is 4.75. The average molecular weight is 295 g/mol. The Hall–Kier alpha value is -1.19. The molecule has 0 atom stereocenters. The molecule has 1 aliphatic rings. The largest absolute Gasteiger partial charge is 0.293 e. The molecule has 0 amide bonds. The summed E-state index contributed by atoms with van der Waals surface area (Å²) in [5.41, 5.74) is 1.66. The number of benzene rings is 1. The summed E-state index contributed by atoms with van der Waals surface area (Å²) in [7, 11) is 0. The first-order chi connectivity index (χ1) is 9.13. The van der Waals surface area contributed by atoms with Gasteiger partial charge in [0.25, 0.3) is 0 Å². The molecule has 0 aliphatic heterocycles. The van der Waals surface area contributed by atoms with Crippen LogP contribution in [0.15, 0.2) is 24.3 Å². The minimum atomic E-state index is -0.373. The van der Waals surface area contributed by atoms with Gasteiger partial charge in [0, 0.05) is 16.3 Å². The minimum Gasteiger partial charge on any atom is -0.293 e. The highest BCUT2D eigenvalue weighted by atomic mass is 35.5. The Labute approximate surface area is 120 Å². The van der Waals surface area contributed by atoms with Crippen molar-refractivity contribution in [3.63, 3.8) is 0 Å². The number of fused-ring (bicyclic) bond motifs is 1. The highest BCUT2D eigenvalue weighted by Gasteiger charge is 2.19. The van der Waals surface area contributed by atoms with Crippen LogP contribution in [-0.2, 0) is 19.3 Å². The zero-order valence-electron chi connectivity index (χ0n) is 10.2.